The van der Waals surface area contributed by atoms with Crippen molar-refractivity contribution in [2.45, 2.75) is 12.5 Å². The van der Waals surface area contributed by atoms with Crippen LogP contribution in [0, 0.1) is 5.82 Å². The average molecular weight is 308 g/mol. The average Bonchev–Trinajstić information content (AvgIpc) is 2.58. The monoisotopic (exact) mass is 308 g/mol. The molecule has 0 amide bonds. The van der Waals surface area contributed by atoms with Crippen LogP contribution < -0.4 is 4.74 Å². The van der Waals surface area contributed by atoms with Crippen molar-refractivity contribution >= 4 is 0 Å². The Hall–Kier alpha value is -2.65. The second-order valence-corrected chi connectivity index (χ2v) is 5.30. The standard InChI is InChI=1S/C20H17FO2/c21-19-12-11-17(23-16-9-5-2-6-10-16)14-18(19)20(22)13-15-7-3-1-4-8-15/h1-12,14,20,22H,13H2. The summed E-state index contributed by atoms with van der Waals surface area (Å²) in [5, 5.41) is 10.3. The maximum atomic E-state index is 14.0. The summed E-state index contributed by atoms with van der Waals surface area (Å²) < 4.78 is 19.7. The molecule has 0 bridgehead atoms. The van der Waals surface area contributed by atoms with Gasteiger partial charge in [0.2, 0.25) is 0 Å². The largest absolute Gasteiger partial charge is 0.457 e. The van der Waals surface area contributed by atoms with Gasteiger partial charge in [-0.05, 0) is 35.9 Å². The zero-order chi connectivity index (χ0) is 16.1. The molecule has 0 aromatic heterocycles. The number of halogens is 1. The molecule has 1 unspecified atom stereocenters. The molecule has 0 aliphatic heterocycles. The number of aliphatic hydroxyl groups excluding tert-OH is 1. The predicted octanol–water partition coefficient (Wildman–Crippen LogP) is 4.89. The first-order valence-corrected chi connectivity index (χ1v) is 7.47. The van der Waals surface area contributed by atoms with Crippen LogP contribution in [0.25, 0.3) is 0 Å². The van der Waals surface area contributed by atoms with Crippen molar-refractivity contribution in [2.75, 3.05) is 0 Å². The number of benzene rings is 3. The van der Waals surface area contributed by atoms with Crippen molar-refractivity contribution in [1.29, 1.82) is 0 Å². The van der Waals surface area contributed by atoms with E-state index in [-0.39, 0.29) is 5.56 Å². The molecule has 116 valence electrons. The van der Waals surface area contributed by atoms with Crippen LogP contribution in [0.1, 0.15) is 17.2 Å². The molecule has 0 fully saturated rings. The predicted molar refractivity (Wildman–Crippen MR) is 88.0 cm³/mol. The van der Waals surface area contributed by atoms with Crippen LogP contribution in [0.15, 0.2) is 78.9 Å². The summed E-state index contributed by atoms with van der Waals surface area (Å²) in [6.45, 7) is 0. The topological polar surface area (TPSA) is 29.5 Å². The highest BCUT2D eigenvalue weighted by Gasteiger charge is 2.15. The molecule has 1 N–H and O–H groups in total. The summed E-state index contributed by atoms with van der Waals surface area (Å²) in [6.07, 6.45) is -0.566. The van der Waals surface area contributed by atoms with Gasteiger partial charge < -0.3 is 9.84 Å². The Kier molecular flexibility index (Phi) is 4.69. The van der Waals surface area contributed by atoms with Gasteiger partial charge in [0.25, 0.3) is 0 Å². The van der Waals surface area contributed by atoms with Gasteiger partial charge in [-0.25, -0.2) is 4.39 Å². The van der Waals surface area contributed by atoms with Crippen LogP contribution in [0.5, 0.6) is 11.5 Å². The summed E-state index contributed by atoms with van der Waals surface area (Å²) in [4.78, 5) is 0. The highest BCUT2D eigenvalue weighted by molar-refractivity contribution is 5.36. The molecule has 3 aromatic rings. The lowest BCUT2D eigenvalue weighted by Gasteiger charge is -2.14. The minimum absolute atomic E-state index is 0.238. The number of hydrogen-bond donors (Lipinski definition) is 1. The van der Waals surface area contributed by atoms with E-state index in [0.29, 0.717) is 17.9 Å². The summed E-state index contributed by atoms with van der Waals surface area (Å²) in [6, 6.07) is 23.2. The van der Waals surface area contributed by atoms with E-state index in [0.717, 1.165) is 5.56 Å². The molecule has 3 heteroatoms. The number of hydrogen-bond acceptors (Lipinski definition) is 2. The molecule has 0 aliphatic carbocycles. The van der Waals surface area contributed by atoms with Crippen molar-refractivity contribution in [2.24, 2.45) is 0 Å². The lowest BCUT2D eigenvalue weighted by molar-refractivity contribution is 0.173. The molecule has 0 saturated carbocycles. The van der Waals surface area contributed by atoms with E-state index in [9.17, 15) is 9.50 Å². The van der Waals surface area contributed by atoms with Crippen LogP contribution in [0.3, 0.4) is 0 Å². The van der Waals surface area contributed by atoms with Crippen LogP contribution in [-0.4, -0.2) is 5.11 Å². The minimum Gasteiger partial charge on any atom is -0.457 e. The second kappa shape index (κ2) is 7.07. The van der Waals surface area contributed by atoms with E-state index in [2.05, 4.69) is 0 Å². The lowest BCUT2D eigenvalue weighted by atomic mass is 10.0. The first-order valence-electron chi connectivity index (χ1n) is 7.47. The molecule has 0 aliphatic rings. The van der Waals surface area contributed by atoms with E-state index in [1.165, 1.54) is 6.07 Å². The minimum atomic E-state index is -0.920. The van der Waals surface area contributed by atoms with Crippen molar-refractivity contribution in [3.05, 3.63) is 95.8 Å². The molecule has 3 rings (SSSR count). The van der Waals surface area contributed by atoms with Gasteiger partial charge >= 0.3 is 0 Å². The van der Waals surface area contributed by atoms with E-state index in [1.807, 2.05) is 60.7 Å². The van der Waals surface area contributed by atoms with Gasteiger partial charge in [-0.1, -0.05) is 48.5 Å². The summed E-state index contributed by atoms with van der Waals surface area (Å²) in [7, 11) is 0. The first kappa shape index (κ1) is 15.3. The Morgan fingerprint density at radius 3 is 2.17 bits per heavy atom. The third-order valence-electron chi connectivity index (χ3n) is 3.58. The lowest BCUT2D eigenvalue weighted by Crippen LogP contribution is -2.04. The Bertz CT molecular complexity index is 757. The fourth-order valence-corrected chi connectivity index (χ4v) is 2.41. The highest BCUT2D eigenvalue weighted by atomic mass is 19.1. The van der Waals surface area contributed by atoms with E-state index in [1.54, 1.807) is 12.1 Å². The van der Waals surface area contributed by atoms with Gasteiger partial charge in [0.05, 0.1) is 6.10 Å². The Labute approximate surface area is 134 Å². The van der Waals surface area contributed by atoms with Crippen molar-refractivity contribution in [3.63, 3.8) is 0 Å². The van der Waals surface area contributed by atoms with Crippen molar-refractivity contribution < 1.29 is 14.2 Å². The number of para-hydroxylation sites is 1. The Morgan fingerprint density at radius 1 is 0.826 bits per heavy atom. The third kappa shape index (κ3) is 3.96. The molecular formula is C20H17FO2. The molecular weight excluding hydrogens is 291 g/mol. The fourth-order valence-electron chi connectivity index (χ4n) is 2.41. The Morgan fingerprint density at radius 2 is 1.48 bits per heavy atom. The maximum Gasteiger partial charge on any atom is 0.129 e. The molecule has 0 spiro atoms. The smallest absolute Gasteiger partial charge is 0.129 e. The first-order chi connectivity index (χ1) is 11.2. The molecule has 23 heavy (non-hydrogen) atoms. The van der Waals surface area contributed by atoms with E-state index in [4.69, 9.17) is 4.74 Å². The summed E-state index contributed by atoms with van der Waals surface area (Å²) >= 11 is 0. The van der Waals surface area contributed by atoms with E-state index < -0.39 is 11.9 Å². The summed E-state index contributed by atoms with van der Waals surface area (Å²) in [5.74, 6) is 0.733. The van der Waals surface area contributed by atoms with Crippen LogP contribution >= 0.6 is 0 Å². The van der Waals surface area contributed by atoms with E-state index >= 15 is 0 Å². The molecule has 1 atom stereocenters. The zero-order valence-electron chi connectivity index (χ0n) is 12.5. The SMILES string of the molecule is OC(Cc1ccccc1)c1cc(Oc2ccccc2)ccc1F. The number of ether oxygens (including phenoxy) is 1. The zero-order valence-corrected chi connectivity index (χ0v) is 12.5. The van der Waals surface area contributed by atoms with Crippen molar-refractivity contribution in [3.8, 4) is 11.5 Å². The van der Waals surface area contributed by atoms with Gasteiger partial charge in [0, 0.05) is 12.0 Å². The highest BCUT2D eigenvalue weighted by Crippen LogP contribution is 2.28. The Balaban J connectivity index is 1.80. The molecule has 3 aromatic carbocycles. The van der Waals surface area contributed by atoms with Gasteiger partial charge in [-0.2, -0.15) is 0 Å². The van der Waals surface area contributed by atoms with Gasteiger partial charge in [0.15, 0.2) is 0 Å². The van der Waals surface area contributed by atoms with Crippen LogP contribution in [-0.2, 0) is 6.42 Å². The van der Waals surface area contributed by atoms with Gasteiger partial charge in [0.1, 0.15) is 17.3 Å². The van der Waals surface area contributed by atoms with Crippen molar-refractivity contribution in [1.82, 2.24) is 0 Å². The van der Waals surface area contributed by atoms with Crippen LogP contribution in [0.4, 0.5) is 4.39 Å². The second-order valence-electron chi connectivity index (χ2n) is 5.30. The third-order valence-corrected chi connectivity index (χ3v) is 3.58. The number of aliphatic hydroxyl groups is 1. The van der Waals surface area contributed by atoms with Gasteiger partial charge in [-0.3, -0.25) is 0 Å². The molecule has 0 saturated heterocycles. The number of rotatable bonds is 5. The van der Waals surface area contributed by atoms with Crippen LogP contribution in [0.2, 0.25) is 0 Å². The van der Waals surface area contributed by atoms with Gasteiger partial charge in [-0.15, -0.1) is 0 Å². The normalized spacial score (nSPS) is 11.9. The maximum absolute atomic E-state index is 14.0. The quantitative estimate of drug-likeness (QED) is 0.727. The molecule has 2 nitrogen and oxygen atoms in total. The fraction of sp³-hybridized carbons (Fsp3) is 0.100. The molecule has 0 radical (unpaired) electrons. The molecule has 0 heterocycles. The summed E-state index contributed by atoms with van der Waals surface area (Å²) in [5.41, 5.74) is 1.19.